The van der Waals surface area contributed by atoms with Crippen molar-refractivity contribution in [3.05, 3.63) is 35.7 Å². The van der Waals surface area contributed by atoms with Gasteiger partial charge in [0, 0.05) is 0 Å². The summed E-state index contributed by atoms with van der Waals surface area (Å²) in [5, 5.41) is 3.16. The van der Waals surface area contributed by atoms with Gasteiger partial charge < -0.3 is 0 Å². The summed E-state index contributed by atoms with van der Waals surface area (Å²) in [4.78, 5) is 0. The summed E-state index contributed by atoms with van der Waals surface area (Å²) < 4.78 is 0. The molecule has 0 saturated heterocycles. The minimum atomic E-state index is -1.17. The summed E-state index contributed by atoms with van der Waals surface area (Å²) in [5.74, 6) is 0. The summed E-state index contributed by atoms with van der Waals surface area (Å²) in [5.41, 5.74) is 0. The Balaban J connectivity index is 3.34. The van der Waals surface area contributed by atoms with Crippen molar-refractivity contribution in [2.75, 3.05) is 0 Å². The maximum atomic E-state index is 4.00. The van der Waals surface area contributed by atoms with Gasteiger partial charge >= 0.3 is 0 Å². The minimum absolute atomic E-state index is 1.17. The molecule has 0 bridgehead atoms. The monoisotopic (exact) mass is 222 g/mol. The Kier molecular flexibility index (Phi) is 3.07. The predicted octanol–water partition coefficient (Wildman–Crippen LogP) is 4.16. The Bertz CT molecular complexity index is 265. The second kappa shape index (κ2) is 3.67. The Morgan fingerprint density at radius 1 is 0.857 bits per heavy atom. The minimum Gasteiger partial charge on any atom is -0.0992 e. The highest BCUT2D eigenvalue weighted by atomic mass is 28.3. The van der Waals surface area contributed by atoms with Gasteiger partial charge in [0.05, 0.1) is 16.1 Å². The van der Waals surface area contributed by atoms with Crippen molar-refractivity contribution in [3.63, 3.8) is 0 Å². The van der Waals surface area contributed by atoms with Crippen LogP contribution in [0.5, 0.6) is 0 Å². The lowest BCUT2D eigenvalue weighted by Crippen LogP contribution is -2.43. The molecule has 0 N–H and O–H groups in total. The van der Waals surface area contributed by atoms with E-state index in [-0.39, 0.29) is 0 Å². The van der Waals surface area contributed by atoms with Crippen LogP contribution in [0.25, 0.3) is 0 Å². The largest absolute Gasteiger partial charge is 0.0992 e. The van der Waals surface area contributed by atoms with Gasteiger partial charge in [-0.1, -0.05) is 74.0 Å². The van der Waals surface area contributed by atoms with Crippen LogP contribution in [0.4, 0.5) is 0 Å². The molecule has 0 aliphatic carbocycles. The van der Waals surface area contributed by atoms with E-state index < -0.39 is 16.1 Å². The standard InChI is InChI=1S/C12H22Si2/c1-7-11-12(8-2)14(5,6)10-9-13(11,3)4/h7-8H,1-2,9-10H2,3-6H3. The van der Waals surface area contributed by atoms with Crippen molar-refractivity contribution in [1.29, 1.82) is 0 Å². The molecule has 0 aromatic carbocycles. The van der Waals surface area contributed by atoms with E-state index in [1.807, 2.05) is 0 Å². The lowest BCUT2D eigenvalue weighted by molar-refractivity contribution is 1.24. The molecular weight excluding hydrogens is 200 g/mol. The molecular formula is C12H22Si2. The van der Waals surface area contributed by atoms with Crippen LogP contribution in [0, 0.1) is 0 Å². The van der Waals surface area contributed by atoms with E-state index in [0.29, 0.717) is 0 Å². The molecule has 1 aliphatic heterocycles. The molecule has 0 radical (unpaired) electrons. The highest BCUT2D eigenvalue weighted by Crippen LogP contribution is 2.39. The first kappa shape index (κ1) is 11.7. The molecule has 0 nitrogen and oxygen atoms in total. The lowest BCUT2D eigenvalue weighted by atomic mass is 10.4. The van der Waals surface area contributed by atoms with Gasteiger partial charge in [-0.25, -0.2) is 0 Å². The van der Waals surface area contributed by atoms with E-state index >= 15 is 0 Å². The summed E-state index contributed by atoms with van der Waals surface area (Å²) >= 11 is 0. The van der Waals surface area contributed by atoms with Crippen LogP contribution in [0.2, 0.25) is 38.3 Å². The summed E-state index contributed by atoms with van der Waals surface area (Å²) in [6.45, 7) is 17.8. The van der Waals surface area contributed by atoms with Crippen molar-refractivity contribution in [2.24, 2.45) is 0 Å². The molecule has 0 aromatic rings. The molecule has 1 rings (SSSR count). The Hall–Kier alpha value is -0.346. The van der Waals surface area contributed by atoms with Crippen LogP contribution in [0.15, 0.2) is 35.7 Å². The Labute approximate surface area is 90.4 Å². The van der Waals surface area contributed by atoms with E-state index in [9.17, 15) is 0 Å². The number of rotatable bonds is 2. The van der Waals surface area contributed by atoms with Gasteiger partial charge in [0.2, 0.25) is 0 Å². The SMILES string of the molecule is C=CC1=C(C=C)[Si](C)(C)CC[Si]1(C)C. The van der Waals surface area contributed by atoms with Gasteiger partial charge in [-0.15, -0.1) is 0 Å². The zero-order chi connectivity index (χ0) is 11.0. The number of hydrogen-bond acceptors (Lipinski definition) is 0. The molecule has 2 heteroatoms. The summed E-state index contributed by atoms with van der Waals surface area (Å²) in [7, 11) is -2.34. The Morgan fingerprint density at radius 3 is 1.36 bits per heavy atom. The average Bonchev–Trinajstić information content (AvgIpc) is 2.09. The lowest BCUT2D eigenvalue weighted by Gasteiger charge is -2.39. The molecule has 1 heterocycles. The second-order valence-electron chi connectivity index (χ2n) is 5.50. The molecule has 0 atom stereocenters. The molecule has 1 aliphatic rings. The van der Waals surface area contributed by atoms with Crippen molar-refractivity contribution in [1.82, 2.24) is 0 Å². The first-order chi connectivity index (χ1) is 6.35. The van der Waals surface area contributed by atoms with Crippen LogP contribution >= 0.6 is 0 Å². The third kappa shape index (κ3) is 1.86. The van der Waals surface area contributed by atoms with E-state index in [1.165, 1.54) is 12.1 Å². The highest BCUT2D eigenvalue weighted by molar-refractivity contribution is 6.95. The van der Waals surface area contributed by atoms with Crippen LogP contribution in [-0.4, -0.2) is 16.1 Å². The first-order valence-electron chi connectivity index (χ1n) is 5.35. The van der Waals surface area contributed by atoms with Gasteiger partial charge in [0.1, 0.15) is 0 Å². The van der Waals surface area contributed by atoms with E-state index in [2.05, 4.69) is 51.5 Å². The summed E-state index contributed by atoms with van der Waals surface area (Å²) in [6.07, 6.45) is 4.22. The van der Waals surface area contributed by atoms with Crippen molar-refractivity contribution in [3.8, 4) is 0 Å². The van der Waals surface area contributed by atoms with Crippen LogP contribution in [0.1, 0.15) is 0 Å². The third-order valence-corrected chi connectivity index (χ3v) is 11.1. The normalized spacial score (nSPS) is 24.6. The van der Waals surface area contributed by atoms with Crippen LogP contribution in [-0.2, 0) is 0 Å². The van der Waals surface area contributed by atoms with Crippen LogP contribution < -0.4 is 0 Å². The smallest absolute Gasteiger partial charge is 0.0801 e. The maximum absolute atomic E-state index is 4.00. The predicted molar refractivity (Wildman–Crippen MR) is 72.0 cm³/mol. The van der Waals surface area contributed by atoms with Gasteiger partial charge in [-0.2, -0.15) is 0 Å². The third-order valence-electron chi connectivity index (χ3n) is 3.53. The van der Waals surface area contributed by atoms with Crippen molar-refractivity contribution in [2.45, 2.75) is 38.3 Å². The molecule has 0 aromatic heterocycles. The zero-order valence-electron chi connectivity index (χ0n) is 9.98. The van der Waals surface area contributed by atoms with Crippen molar-refractivity contribution < 1.29 is 0 Å². The Morgan fingerprint density at radius 2 is 1.14 bits per heavy atom. The molecule has 14 heavy (non-hydrogen) atoms. The van der Waals surface area contributed by atoms with Crippen molar-refractivity contribution >= 4 is 16.1 Å². The topological polar surface area (TPSA) is 0 Å². The van der Waals surface area contributed by atoms with Gasteiger partial charge in [0.25, 0.3) is 0 Å². The molecule has 0 amide bonds. The average molecular weight is 222 g/mol. The molecule has 0 fully saturated rings. The molecule has 78 valence electrons. The van der Waals surface area contributed by atoms with Crippen LogP contribution in [0.3, 0.4) is 0 Å². The fourth-order valence-corrected chi connectivity index (χ4v) is 12.7. The zero-order valence-corrected chi connectivity index (χ0v) is 12.0. The fourth-order valence-electron chi connectivity index (χ4n) is 2.40. The first-order valence-corrected chi connectivity index (χ1v) is 11.8. The second-order valence-corrected chi connectivity index (χ2v) is 15.1. The van der Waals surface area contributed by atoms with E-state index in [0.717, 1.165) is 0 Å². The molecule has 0 saturated carbocycles. The number of allylic oxidation sites excluding steroid dienone is 4. The number of hydrogen-bond donors (Lipinski definition) is 0. The van der Waals surface area contributed by atoms with Gasteiger partial charge in [-0.3, -0.25) is 0 Å². The highest BCUT2D eigenvalue weighted by Gasteiger charge is 2.38. The molecule has 0 spiro atoms. The van der Waals surface area contributed by atoms with E-state index in [4.69, 9.17) is 0 Å². The maximum Gasteiger partial charge on any atom is 0.0801 e. The summed E-state index contributed by atoms with van der Waals surface area (Å²) in [6, 6.07) is 2.87. The van der Waals surface area contributed by atoms with E-state index in [1.54, 1.807) is 10.4 Å². The van der Waals surface area contributed by atoms with Gasteiger partial charge in [-0.05, 0) is 0 Å². The fraction of sp³-hybridized carbons (Fsp3) is 0.500. The van der Waals surface area contributed by atoms with Gasteiger partial charge in [0.15, 0.2) is 0 Å². The molecule has 0 unspecified atom stereocenters. The quantitative estimate of drug-likeness (QED) is 0.615.